The van der Waals surface area contributed by atoms with Crippen molar-refractivity contribution in [2.24, 2.45) is 11.7 Å². The molecule has 15 heavy (non-hydrogen) atoms. The molecule has 1 saturated heterocycles. The van der Waals surface area contributed by atoms with Crippen LogP contribution in [0.2, 0.25) is 0 Å². The molecule has 0 spiro atoms. The first-order valence-electron chi connectivity index (χ1n) is 5.94. The topological polar surface area (TPSA) is 58.4 Å². The lowest BCUT2D eigenvalue weighted by Crippen LogP contribution is -2.59. The molecule has 1 saturated carbocycles. The SMILES string of the molecule is CC1CCC(N2CCNCC2C(N)=O)C1. The van der Waals surface area contributed by atoms with Crippen molar-refractivity contribution >= 4 is 5.91 Å². The largest absolute Gasteiger partial charge is 0.368 e. The summed E-state index contributed by atoms with van der Waals surface area (Å²) < 4.78 is 0. The molecule has 3 atom stereocenters. The molecule has 1 aliphatic carbocycles. The highest BCUT2D eigenvalue weighted by Gasteiger charge is 2.35. The minimum atomic E-state index is -0.179. The van der Waals surface area contributed by atoms with E-state index in [0.29, 0.717) is 6.04 Å². The van der Waals surface area contributed by atoms with Gasteiger partial charge in [0.2, 0.25) is 5.91 Å². The maximum Gasteiger partial charge on any atom is 0.236 e. The zero-order valence-electron chi connectivity index (χ0n) is 9.41. The Bertz CT molecular complexity index is 244. The van der Waals surface area contributed by atoms with Gasteiger partial charge in [-0.05, 0) is 25.2 Å². The first-order chi connectivity index (χ1) is 7.18. The fraction of sp³-hybridized carbons (Fsp3) is 0.909. The van der Waals surface area contributed by atoms with Crippen LogP contribution >= 0.6 is 0 Å². The lowest BCUT2D eigenvalue weighted by molar-refractivity contribution is -0.124. The molecule has 0 bridgehead atoms. The Kier molecular flexibility index (Phi) is 3.26. The Morgan fingerprint density at radius 2 is 2.27 bits per heavy atom. The van der Waals surface area contributed by atoms with Crippen molar-refractivity contribution in [3.05, 3.63) is 0 Å². The summed E-state index contributed by atoms with van der Waals surface area (Å²) in [4.78, 5) is 13.7. The number of primary amides is 1. The number of nitrogens with one attached hydrogen (secondary N) is 1. The quantitative estimate of drug-likeness (QED) is 0.672. The molecule has 0 aromatic carbocycles. The van der Waals surface area contributed by atoms with Gasteiger partial charge in [0, 0.05) is 25.7 Å². The molecule has 3 N–H and O–H groups in total. The summed E-state index contributed by atoms with van der Waals surface area (Å²) in [5, 5.41) is 3.24. The van der Waals surface area contributed by atoms with Gasteiger partial charge in [-0.1, -0.05) is 6.92 Å². The van der Waals surface area contributed by atoms with Crippen LogP contribution in [0.4, 0.5) is 0 Å². The summed E-state index contributed by atoms with van der Waals surface area (Å²) in [6, 6.07) is 0.494. The van der Waals surface area contributed by atoms with Crippen LogP contribution in [0, 0.1) is 5.92 Å². The van der Waals surface area contributed by atoms with E-state index in [1.807, 2.05) is 0 Å². The highest BCUT2D eigenvalue weighted by molar-refractivity contribution is 5.80. The fourth-order valence-electron chi connectivity index (χ4n) is 2.90. The van der Waals surface area contributed by atoms with Crippen LogP contribution in [0.3, 0.4) is 0 Å². The molecule has 2 aliphatic rings. The molecule has 4 heteroatoms. The number of nitrogens with two attached hydrogens (primary N) is 1. The van der Waals surface area contributed by atoms with Crippen LogP contribution in [0.25, 0.3) is 0 Å². The third-order valence-corrected chi connectivity index (χ3v) is 3.75. The average Bonchev–Trinajstić information content (AvgIpc) is 2.65. The summed E-state index contributed by atoms with van der Waals surface area (Å²) in [5.41, 5.74) is 5.44. The minimum Gasteiger partial charge on any atom is -0.368 e. The van der Waals surface area contributed by atoms with Gasteiger partial charge in [0.15, 0.2) is 0 Å². The van der Waals surface area contributed by atoms with Crippen molar-refractivity contribution < 1.29 is 4.79 Å². The van der Waals surface area contributed by atoms with E-state index in [2.05, 4.69) is 17.1 Å². The van der Waals surface area contributed by atoms with Crippen LogP contribution in [-0.2, 0) is 4.79 Å². The maximum atomic E-state index is 11.3. The summed E-state index contributed by atoms with van der Waals surface area (Å²) in [6.45, 7) is 4.96. The van der Waals surface area contributed by atoms with Gasteiger partial charge in [-0.15, -0.1) is 0 Å². The smallest absolute Gasteiger partial charge is 0.236 e. The van der Waals surface area contributed by atoms with Crippen molar-refractivity contribution in [1.82, 2.24) is 10.2 Å². The van der Waals surface area contributed by atoms with Gasteiger partial charge in [0.25, 0.3) is 0 Å². The molecule has 2 fully saturated rings. The summed E-state index contributed by atoms with van der Waals surface area (Å²) in [5.74, 6) is 0.625. The predicted octanol–water partition coefficient (Wildman–Crippen LogP) is -0.0659. The molecule has 0 aromatic rings. The Morgan fingerprint density at radius 1 is 1.47 bits per heavy atom. The lowest BCUT2D eigenvalue weighted by atomic mass is 10.1. The zero-order chi connectivity index (χ0) is 10.8. The van der Waals surface area contributed by atoms with Crippen LogP contribution in [-0.4, -0.2) is 42.5 Å². The van der Waals surface area contributed by atoms with E-state index < -0.39 is 0 Å². The number of nitrogens with zero attached hydrogens (tertiary/aromatic N) is 1. The van der Waals surface area contributed by atoms with Gasteiger partial charge in [0.1, 0.15) is 6.04 Å². The second kappa shape index (κ2) is 4.49. The van der Waals surface area contributed by atoms with E-state index in [-0.39, 0.29) is 11.9 Å². The Labute approximate surface area is 91.2 Å². The van der Waals surface area contributed by atoms with Gasteiger partial charge in [-0.2, -0.15) is 0 Å². The molecule has 1 aliphatic heterocycles. The van der Waals surface area contributed by atoms with Gasteiger partial charge in [-0.3, -0.25) is 9.69 Å². The van der Waals surface area contributed by atoms with E-state index >= 15 is 0 Å². The first-order valence-corrected chi connectivity index (χ1v) is 5.94. The number of amides is 1. The highest BCUT2D eigenvalue weighted by Crippen LogP contribution is 2.30. The number of piperazine rings is 1. The standard InChI is InChI=1S/C11H21N3O/c1-8-2-3-9(6-8)14-5-4-13-7-10(14)11(12)15/h8-10,13H,2-7H2,1H3,(H2,12,15). The van der Waals surface area contributed by atoms with E-state index in [1.165, 1.54) is 19.3 Å². The number of rotatable bonds is 2. The van der Waals surface area contributed by atoms with Crippen LogP contribution < -0.4 is 11.1 Å². The Hall–Kier alpha value is -0.610. The Balaban J connectivity index is 2.01. The van der Waals surface area contributed by atoms with Crippen molar-refractivity contribution in [3.8, 4) is 0 Å². The Morgan fingerprint density at radius 3 is 2.87 bits per heavy atom. The zero-order valence-corrected chi connectivity index (χ0v) is 9.41. The van der Waals surface area contributed by atoms with Crippen LogP contribution in [0.1, 0.15) is 26.2 Å². The van der Waals surface area contributed by atoms with Gasteiger partial charge in [0.05, 0.1) is 0 Å². The number of carbonyl (C=O) groups excluding carboxylic acids is 1. The third-order valence-electron chi connectivity index (χ3n) is 3.75. The molecule has 3 unspecified atom stereocenters. The lowest BCUT2D eigenvalue weighted by Gasteiger charge is -2.38. The van der Waals surface area contributed by atoms with E-state index in [4.69, 9.17) is 5.73 Å². The molecule has 2 rings (SSSR count). The molecule has 1 amide bonds. The summed E-state index contributed by atoms with van der Waals surface area (Å²) in [6.07, 6.45) is 3.74. The molecular weight excluding hydrogens is 190 g/mol. The van der Waals surface area contributed by atoms with Crippen molar-refractivity contribution in [2.45, 2.75) is 38.3 Å². The summed E-state index contributed by atoms with van der Waals surface area (Å²) in [7, 11) is 0. The molecule has 4 nitrogen and oxygen atoms in total. The monoisotopic (exact) mass is 211 g/mol. The second-order valence-corrected chi connectivity index (χ2v) is 4.93. The van der Waals surface area contributed by atoms with Gasteiger partial charge >= 0.3 is 0 Å². The molecule has 86 valence electrons. The first kappa shape index (κ1) is 10.9. The third kappa shape index (κ3) is 2.32. The van der Waals surface area contributed by atoms with Gasteiger partial charge in [-0.25, -0.2) is 0 Å². The highest BCUT2D eigenvalue weighted by atomic mass is 16.1. The van der Waals surface area contributed by atoms with E-state index in [1.54, 1.807) is 0 Å². The minimum absolute atomic E-state index is 0.0888. The molecular formula is C11H21N3O. The normalized spacial score (nSPS) is 38.1. The second-order valence-electron chi connectivity index (χ2n) is 4.93. The average molecular weight is 211 g/mol. The molecule has 0 aromatic heterocycles. The van der Waals surface area contributed by atoms with Crippen molar-refractivity contribution in [1.29, 1.82) is 0 Å². The number of carbonyl (C=O) groups is 1. The maximum absolute atomic E-state index is 11.3. The predicted molar refractivity (Wildman–Crippen MR) is 59.4 cm³/mol. The fourth-order valence-corrected chi connectivity index (χ4v) is 2.90. The molecule has 0 radical (unpaired) electrons. The van der Waals surface area contributed by atoms with Crippen LogP contribution in [0.5, 0.6) is 0 Å². The van der Waals surface area contributed by atoms with E-state index in [9.17, 15) is 4.79 Å². The van der Waals surface area contributed by atoms with Crippen LogP contribution in [0.15, 0.2) is 0 Å². The van der Waals surface area contributed by atoms with E-state index in [0.717, 1.165) is 25.6 Å². The summed E-state index contributed by atoms with van der Waals surface area (Å²) >= 11 is 0. The number of hydrogen-bond acceptors (Lipinski definition) is 3. The van der Waals surface area contributed by atoms with Gasteiger partial charge < -0.3 is 11.1 Å². The molecule has 1 heterocycles. The van der Waals surface area contributed by atoms with Crippen molar-refractivity contribution in [2.75, 3.05) is 19.6 Å². The van der Waals surface area contributed by atoms with Crippen molar-refractivity contribution in [3.63, 3.8) is 0 Å². The number of hydrogen-bond donors (Lipinski definition) is 2.